The lowest BCUT2D eigenvalue weighted by atomic mass is 9.83. The van der Waals surface area contributed by atoms with Gasteiger partial charge in [-0.1, -0.05) is 32.0 Å². The fourth-order valence-electron chi connectivity index (χ4n) is 3.82. The molecule has 0 amide bonds. The molecule has 1 aliphatic rings. The Morgan fingerprint density at radius 1 is 1.13 bits per heavy atom. The predicted octanol–water partition coefficient (Wildman–Crippen LogP) is 4.12. The minimum atomic E-state index is 0.672. The van der Waals surface area contributed by atoms with Crippen molar-refractivity contribution >= 4 is 0 Å². The molecule has 1 atom stereocenters. The summed E-state index contributed by atoms with van der Waals surface area (Å²) in [4.78, 5) is 11.2. The quantitative estimate of drug-likeness (QED) is 0.803. The SMILES string of the molecule is CCCN(CCC)C1CCc2cccc(-c3ccncn3)c2C1. The molecule has 1 aliphatic carbocycles. The molecule has 23 heavy (non-hydrogen) atoms. The number of aryl methyl sites for hydroxylation is 1. The van der Waals surface area contributed by atoms with Crippen molar-refractivity contribution in [3.63, 3.8) is 0 Å². The van der Waals surface area contributed by atoms with Gasteiger partial charge in [-0.15, -0.1) is 0 Å². The summed E-state index contributed by atoms with van der Waals surface area (Å²) < 4.78 is 0. The fourth-order valence-corrected chi connectivity index (χ4v) is 3.82. The molecule has 1 aromatic heterocycles. The van der Waals surface area contributed by atoms with Gasteiger partial charge >= 0.3 is 0 Å². The third-order valence-electron chi connectivity index (χ3n) is 4.86. The van der Waals surface area contributed by atoms with Crippen LogP contribution in [0.15, 0.2) is 36.8 Å². The summed E-state index contributed by atoms with van der Waals surface area (Å²) in [5, 5.41) is 0. The Hall–Kier alpha value is -1.74. The lowest BCUT2D eigenvalue weighted by Crippen LogP contribution is -2.40. The number of benzene rings is 1. The highest BCUT2D eigenvalue weighted by Crippen LogP contribution is 2.32. The minimum absolute atomic E-state index is 0.672. The zero-order chi connectivity index (χ0) is 16.1. The van der Waals surface area contributed by atoms with Gasteiger partial charge in [-0.25, -0.2) is 9.97 Å². The molecular formula is C20H27N3. The maximum atomic E-state index is 4.47. The first kappa shape index (κ1) is 16.1. The molecule has 0 spiro atoms. The highest BCUT2D eigenvalue weighted by molar-refractivity contribution is 5.65. The number of nitrogens with zero attached hydrogens (tertiary/aromatic N) is 3. The average Bonchev–Trinajstić information content (AvgIpc) is 2.61. The Labute approximate surface area is 139 Å². The molecule has 1 aromatic carbocycles. The first-order valence-corrected chi connectivity index (χ1v) is 8.94. The molecule has 0 saturated heterocycles. The Morgan fingerprint density at radius 3 is 2.65 bits per heavy atom. The van der Waals surface area contributed by atoms with E-state index in [2.05, 4.69) is 46.9 Å². The van der Waals surface area contributed by atoms with Gasteiger partial charge in [0.25, 0.3) is 0 Å². The van der Waals surface area contributed by atoms with Crippen LogP contribution in [0.5, 0.6) is 0 Å². The first-order valence-electron chi connectivity index (χ1n) is 8.94. The summed E-state index contributed by atoms with van der Waals surface area (Å²) in [6, 6.07) is 9.38. The molecule has 3 heteroatoms. The molecular weight excluding hydrogens is 282 g/mol. The van der Waals surface area contributed by atoms with Crippen LogP contribution in [0.1, 0.15) is 44.2 Å². The van der Waals surface area contributed by atoms with Crippen molar-refractivity contribution in [2.75, 3.05) is 13.1 Å². The van der Waals surface area contributed by atoms with Crippen LogP contribution in [-0.4, -0.2) is 34.0 Å². The molecule has 0 N–H and O–H groups in total. The first-order chi connectivity index (χ1) is 11.3. The van der Waals surface area contributed by atoms with E-state index in [1.807, 2.05) is 12.3 Å². The zero-order valence-corrected chi connectivity index (χ0v) is 14.3. The molecule has 0 radical (unpaired) electrons. The summed E-state index contributed by atoms with van der Waals surface area (Å²) in [5.41, 5.74) is 5.35. The van der Waals surface area contributed by atoms with Gasteiger partial charge in [-0.3, -0.25) is 0 Å². The summed E-state index contributed by atoms with van der Waals surface area (Å²) >= 11 is 0. The molecule has 1 unspecified atom stereocenters. The van der Waals surface area contributed by atoms with Gasteiger partial charge < -0.3 is 4.90 Å². The van der Waals surface area contributed by atoms with Gasteiger partial charge in [-0.05, 0) is 62.4 Å². The molecule has 3 rings (SSSR count). The largest absolute Gasteiger partial charge is 0.300 e. The van der Waals surface area contributed by atoms with E-state index >= 15 is 0 Å². The molecule has 0 bridgehead atoms. The van der Waals surface area contributed by atoms with Crippen molar-refractivity contribution in [3.8, 4) is 11.3 Å². The van der Waals surface area contributed by atoms with Crippen molar-refractivity contribution < 1.29 is 0 Å². The van der Waals surface area contributed by atoms with Crippen LogP contribution in [0, 0.1) is 0 Å². The molecule has 122 valence electrons. The number of fused-ring (bicyclic) bond motifs is 1. The maximum Gasteiger partial charge on any atom is 0.116 e. The smallest absolute Gasteiger partial charge is 0.116 e. The fraction of sp³-hybridized carbons (Fsp3) is 0.500. The van der Waals surface area contributed by atoms with Crippen LogP contribution >= 0.6 is 0 Å². The van der Waals surface area contributed by atoms with E-state index in [1.165, 1.54) is 55.5 Å². The highest BCUT2D eigenvalue weighted by atomic mass is 15.1. The van der Waals surface area contributed by atoms with Gasteiger partial charge in [0.2, 0.25) is 0 Å². The van der Waals surface area contributed by atoms with Crippen molar-refractivity contribution in [2.45, 2.75) is 52.0 Å². The highest BCUT2D eigenvalue weighted by Gasteiger charge is 2.25. The Kier molecular flexibility index (Phi) is 5.39. The zero-order valence-electron chi connectivity index (χ0n) is 14.3. The van der Waals surface area contributed by atoms with E-state index in [4.69, 9.17) is 0 Å². The predicted molar refractivity (Wildman–Crippen MR) is 95.4 cm³/mol. The van der Waals surface area contributed by atoms with Crippen molar-refractivity contribution in [3.05, 3.63) is 47.9 Å². The third-order valence-corrected chi connectivity index (χ3v) is 4.86. The van der Waals surface area contributed by atoms with Gasteiger partial charge in [0.15, 0.2) is 0 Å². The number of hydrogen-bond acceptors (Lipinski definition) is 3. The van der Waals surface area contributed by atoms with Crippen LogP contribution in [0.2, 0.25) is 0 Å². The van der Waals surface area contributed by atoms with Crippen LogP contribution in [-0.2, 0) is 12.8 Å². The number of aromatic nitrogens is 2. The molecule has 2 aromatic rings. The maximum absolute atomic E-state index is 4.47. The van der Waals surface area contributed by atoms with Crippen molar-refractivity contribution in [1.29, 1.82) is 0 Å². The van der Waals surface area contributed by atoms with E-state index in [9.17, 15) is 0 Å². The molecule has 3 nitrogen and oxygen atoms in total. The summed E-state index contributed by atoms with van der Waals surface area (Å²) in [6.07, 6.45) is 9.56. The average molecular weight is 309 g/mol. The monoisotopic (exact) mass is 309 g/mol. The molecule has 1 heterocycles. The van der Waals surface area contributed by atoms with Crippen LogP contribution in [0.3, 0.4) is 0 Å². The van der Waals surface area contributed by atoms with Crippen LogP contribution < -0.4 is 0 Å². The van der Waals surface area contributed by atoms with Gasteiger partial charge in [0.1, 0.15) is 6.33 Å². The number of hydrogen-bond donors (Lipinski definition) is 0. The minimum Gasteiger partial charge on any atom is -0.300 e. The normalized spacial score (nSPS) is 17.3. The third kappa shape index (κ3) is 3.61. The molecule has 0 fully saturated rings. The second kappa shape index (κ2) is 7.69. The van der Waals surface area contributed by atoms with Crippen LogP contribution in [0.4, 0.5) is 0 Å². The van der Waals surface area contributed by atoms with E-state index in [0.717, 1.165) is 12.1 Å². The summed E-state index contributed by atoms with van der Waals surface area (Å²) in [6.45, 7) is 6.99. The Morgan fingerprint density at radius 2 is 1.96 bits per heavy atom. The molecule has 0 aliphatic heterocycles. The van der Waals surface area contributed by atoms with E-state index in [-0.39, 0.29) is 0 Å². The Bertz CT molecular complexity index is 618. The second-order valence-corrected chi connectivity index (χ2v) is 6.47. The van der Waals surface area contributed by atoms with Crippen molar-refractivity contribution in [1.82, 2.24) is 14.9 Å². The summed E-state index contributed by atoms with van der Waals surface area (Å²) in [5.74, 6) is 0. The second-order valence-electron chi connectivity index (χ2n) is 6.47. The number of rotatable bonds is 6. The van der Waals surface area contributed by atoms with Gasteiger partial charge in [0, 0.05) is 17.8 Å². The molecule has 0 saturated carbocycles. The van der Waals surface area contributed by atoms with E-state index in [0.29, 0.717) is 6.04 Å². The van der Waals surface area contributed by atoms with Gasteiger partial charge in [0.05, 0.1) is 5.69 Å². The summed E-state index contributed by atoms with van der Waals surface area (Å²) in [7, 11) is 0. The topological polar surface area (TPSA) is 29.0 Å². The van der Waals surface area contributed by atoms with Gasteiger partial charge in [-0.2, -0.15) is 0 Å². The van der Waals surface area contributed by atoms with Crippen molar-refractivity contribution in [2.24, 2.45) is 0 Å². The lowest BCUT2D eigenvalue weighted by molar-refractivity contribution is 0.180. The van der Waals surface area contributed by atoms with Crippen LogP contribution in [0.25, 0.3) is 11.3 Å². The standard InChI is InChI=1S/C20H27N3/c1-3-12-23(13-4-2)17-9-8-16-6-5-7-18(19(16)14-17)20-10-11-21-15-22-20/h5-7,10-11,15,17H,3-4,8-9,12-14H2,1-2H3. The Balaban J connectivity index is 1.90. The lowest BCUT2D eigenvalue weighted by Gasteiger charge is -2.35. The van der Waals surface area contributed by atoms with E-state index in [1.54, 1.807) is 6.33 Å². The van der Waals surface area contributed by atoms with E-state index < -0.39 is 0 Å².